The molecule has 0 heterocycles. The molecule has 1 rings (SSSR count). The summed E-state index contributed by atoms with van der Waals surface area (Å²) in [5, 5.41) is 2.83. The Morgan fingerprint density at radius 2 is 2.00 bits per heavy atom. The number of ether oxygens (including phenoxy) is 1. The van der Waals surface area contributed by atoms with Gasteiger partial charge in [-0.15, -0.1) is 0 Å². The fourth-order valence-corrected chi connectivity index (χ4v) is 1.84. The number of nitrogens with two attached hydrogens (primary N) is 1. The van der Waals surface area contributed by atoms with Gasteiger partial charge in [-0.25, -0.2) is 0 Å². The number of anilines is 2. The highest BCUT2D eigenvalue weighted by Crippen LogP contribution is 2.32. The fraction of sp³-hybridized carbons (Fsp3) is 0.364. The predicted molar refractivity (Wildman–Crippen MR) is 71.0 cm³/mol. The summed E-state index contributed by atoms with van der Waals surface area (Å²) >= 11 is 11.5. The van der Waals surface area contributed by atoms with Crippen molar-refractivity contribution >= 4 is 40.5 Å². The van der Waals surface area contributed by atoms with Crippen molar-refractivity contribution < 1.29 is 22.7 Å². The molecule has 0 aliphatic rings. The van der Waals surface area contributed by atoms with E-state index in [1.807, 2.05) is 0 Å². The summed E-state index contributed by atoms with van der Waals surface area (Å²) in [4.78, 5) is 11.5. The molecular formula is C11H11Cl2F3N2O2. The fourth-order valence-electron chi connectivity index (χ4n) is 1.28. The number of rotatable bonds is 5. The maximum absolute atomic E-state index is 11.8. The molecule has 0 aliphatic carbocycles. The minimum atomic E-state index is -4.42. The third kappa shape index (κ3) is 5.85. The second kappa shape index (κ2) is 7.01. The highest BCUT2D eigenvalue weighted by Gasteiger charge is 2.27. The van der Waals surface area contributed by atoms with Crippen LogP contribution in [0.1, 0.15) is 6.42 Å². The van der Waals surface area contributed by atoms with E-state index >= 15 is 0 Å². The number of carbonyl (C=O) groups excluding carboxylic acids is 1. The molecule has 0 unspecified atom stereocenters. The molecule has 3 N–H and O–H groups in total. The van der Waals surface area contributed by atoms with Crippen molar-refractivity contribution in [2.45, 2.75) is 12.6 Å². The Bertz CT molecular complexity index is 472. The minimum Gasteiger partial charge on any atom is -0.397 e. The molecule has 1 amide bonds. The monoisotopic (exact) mass is 330 g/mol. The van der Waals surface area contributed by atoms with Gasteiger partial charge in [0.05, 0.1) is 29.4 Å². The first-order valence-electron chi connectivity index (χ1n) is 5.38. The topological polar surface area (TPSA) is 64.3 Å². The van der Waals surface area contributed by atoms with Gasteiger partial charge in [-0.3, -0.25) is 4.79 Å². The van der Waals surface area contributed by atoms with Gasteiger partial charge in [0.2, 0.25) is 5.91 Å². The molecule has 0 fully saturated rings. The Kier molecular flexibility index (Phi) is 5.91. The second-order valence-electron chi connectivity index (χ2n) is 3.82. The van der Waals surface area contributed by atoms with Crippen molar-refractivity contribution in [1.29, 1.82) is 0 Å². The summed E-state index contributed by atoms with van der Waals surface area (Å²) < 4.78 is 39.7. The zero-order valence-corrected chi connectivity index (χ0v) is 11.6. The lowest BCUT2D eigenvalue weighted by Gasteiger charge is -2.11. The van der Waals surface area contributed by atoms with Crippen LogP contribution in [0.2, 0.25) is 10.0 Å². The third-order valence-corrected chi connectivity index (χ3v) is 2.61. The Hall–Kier alpha value is -1.18. The molecule has 0 radical (unpaired) electrons. The van der Waals surface area contributed by atoms with Gasteiger partial charge in [-0.05, 0) is 12.1 Å². The van der Waals surface area contributed by atoms with Gasteiger partial charge in [0.25, 0.3) is 0 Å². The van der Waals surface area contributed by atoms with Crippen molar-refractivity contribution in [3.8, 4) is 0 Å². The summed E-state index contributed by atoms with van der Waals surface area (Å²) in [5.41, 5.74) is 5.94. The summed E-state index contributed by atoms with van der Waals surface area (Å²) in [7, 11) is 0. The van der Waals surface area contributed by atoms with Crippen LogP contribution < -0.4 is 11.1 Å². The van der Waals surface area contributed by atoms with E-state index in [1.54, 1.807) is 0 Å². The van der Waals surface area contributed by atoms with Crippen LogP contribution in [0.5, 0.6) is 0 Å². The van der Waals surface area contributed by atoms with Gasteiger partial charge in [-0.2, -0.15) is 13.2 Å². The summed E-state index contributed by atoms with van der Waals surface area (Å²) in [6, 6.07) is 2.78. The SMILES string of the molecule is Nc1cc(Cl)cc(Cl)c1NC(=O)CCOCC(F)(F)F. The van der Waals surface area contributed by atoms with Crippen LogP contribution in [0.4, 0.5) is 24.5 Å². The third-order valence-electron chi connectivity index (χ3n) is 2.09. The van der Waals surface area contributed by atoms with Crippen molar-refractivity contribution in [2.75, 3.05) is 24.3 Å². The molecule has 0 bridgehead atoms. The predicted octanol–water partition coefficient (Wildman–Crippen LogP) is 3.48. The van der Waals surface area contributed by atoms with E-state index in [1.165, 1.54) is 12.1 Å². The largest absolute Gasteiger partial charge is 0.411 e. The van der Waals surface area contributed by atoms with Crippen LogP contribution in [-0.4, -0.2) is 25.3 Å². The van der Waals surface area contributed by atoms with E-state index in [2.05, 4.69) is 10.1 Å². The first-order valence-corrected chi connectivity index (χ1v) is 6.13. The Labute approximate surface area is 123 Å². The van der Waals surface area contributed by atoms with Gasteiger partial charge >= 0.3 is 6.18 Å². The summed E-state index contributed by atoms with van der Waals surface area (Å²) in [6.07, 6.45) is -4.67. The van der Waals surface area contributed by atoms with Crippen molar-refractivity contribution in [1.82, 2.24) is 0 Å². The number of carbonyl (C=O) groups is 1. The van der Waals surface area contributed by atoms with Gasteiger partial charge in [0, 0.05) is 5.02 Å². The highest BCUT2D eigenvalue weighted by atomic mass is 35.5. The number of halogens is 5. The number of hydrogen-bond acceptors (Lipinski definition) is 3. The number of amides is 1. The molecule has 0 saturated carbocycles. The molecule has 20 heavy (non-hydrogen) atoms. The van der Waals surface area contributed by atoms with E-state index in [9.17, 15) is 18.0 Å². The van der Waals surface area contributed by atoms with Crippen LogP contribution in [-0.2, 0) is 9.53 Å². The lowest BCUT2D eigenvalue weighted by molar-refractivity contribution is -0.174. The summed E-state index contributed by atoms with van der Waals surface area (Å²) in [6.45, 7) is -1.76. The number of benzene rings is 1. The van der Waals surface area contributed by atoms with E-state index in [0.29, 0.717) is 5.02 Å². The molecule has 0 spiro atoms. The first kappa shape index (κ1) is 16.9. The van der Waals surface area contributed by atoms with Gasteiger partial charge in [0.15, 0.2) is 0 Å². The minimum absolute atomic E-state index is 0.138. The number of alkyl halides is 3. The van der Waals surface area contributed by atoms with E-state index < -0.39 is 18.7 Å². The average molecular weight is 331 g/mol. The lowest BCUT2D eigenvalue weighted by Crippen LogP contribution is -2.20. The lowest BCUT2D eigenvalue weighted by atomic mass is 10.2. The zero-order chi connectivity index (χ0) is 15.3. The van der Waals surface area contributed by atoms with Crippen molar-refractivity contribution in [2.24, 2.45) is 0 Å². The average Bonchev–Trinajstić information content (AvgIpc) is 2.28. The molecule has 9 heteroatoms. The normalized spacial score (nSPS) is 11.4. The van der Waals surface area contributed by atoms with E-state index in [4.69, 9.17) is 28.9 Å². The quantitative estimate of drug-likeness (QED) is 0.641. The first-order chi connectivity index (χ1) is 9.19. The molecule has 0 aliphatic heterocycles. The maximum atomic E-state index is 11.8. The standard InChI is InChI=1S/C11H11Cl2F3N2O2/c12-6-3-7(13)10(8(17)4-6)18-9(19)1-2-20-5-11(14,15)16/h3-4H,1-2,5,17H2,(H,18,19). The van der Waals surface area contributed by atoms with Crippen LogP contribution in [0.25, 0.3) is 0 Å². The summed E-state index contributed by atoms with van der Waals surface area (Å²) in [5.74, 6) is -0.567. The van der Waals surface area contributed by atoms with E-state index in [-0.39, 0.29) is 29.4 Å². The molecular weight excluding hydrogens is 320 g/mol. The number of nitrogens with one attached hydrogen (secondary N) is 1. The van der Waals surface area contributed by atoms with E-state index in [0.717, 1.165) is 0 Å². The second-order valence-corrected chi connectivity index (χ2v) is 4.66. The Morgan fingerprint density at radius 3 is 2.55 bits per heavy atom. The van der Waals surface area contributed by atoms with Crippen LogP contribution in [0.15, 0.2) is 12.1 Å². The van der Waals surface area contributed by atoms with Crippen LogP contribution in [0, 0.1) is 0 Å². The number of hydrogen-bond donors (Lipinski definition) is 2. The Balaban J connectivity index is 2.47. The molecule has 0 atom stereocenters. The molecule has 1 aromatic carbocycles. The van der Waals surface area contributed by atoms with Gasteiger partial charge < -0.3 is 15.8 Å². The van der Waals surface area contributed by atoms with Gasteiger partial charge in [-0.1, -0.05) is 23.2 Å². The molecule has 0 saturated heterocycles. The number of nitrogen functional groups attached to an aromatic ring is 1. The van der Waals surface area contributed by atoms with Crippen molar-refractivity contribution in [3.63, 3.8) is 0 Å². The van der Waals surface area contributed by atoms with Crippen LogP contribution >= 0.6 is 23.2 Å². The molecule has 1 aromatic rings. The highest BCUT2D eigenvalue weighted by molar-refractivity contribution is 6.37. The van der Waals surface area contributed by atoms with Crippen LogP contribution in [0.3, 0.4) is 0 Å². The molecule has 4 nitrogen and oxygen atoms in total. The Morgan fingerprint density at radius 1 is 1.35 bits per heavy atom. The maximum Gasteiger partial charge on any atom is 0.411 e. The molecule has 0 aromatic heterocycles. The molecule has 112 valence electrons. The zero-order valence-electron chi connectivity index (χ0n) is 10.1. The van der Waals surface area contributed by atoms with Gasteiger partial charge in [0.1, 0.15) is 6.61 Å². The smallest absolute Gasteiger partial charge is 0.397 e. The van der Waals surface area contributed by atoms with Crippen molar-refractivity contribution in [3.05, 3.63) is 22.2 Å².